The van der Waals surface area contributed by atoms with E-state index in [9.17, 15) is 9.90 Å². The van der Waals surface area contributed by atoms with Gasteiger partial charge in [0.25, 0.3) is 0 Å². The second-order valence-electron chi connectivity index (χ2n) is 5.63. The van der Waals surface area contributed by atoms with Crippen LogP contribution in [0.5, 0.6) is 0 Å². The number of hydrogen-bond acceptors (Lipinski definition) is 2. The first-order valence-corrected chi connectivity index (χ1v) is 6.97. The minimum atomic E-state index is -0.974. The average Bonchev–Trinajstić information content (AvgIpc) is 2.25. The molecule has 1 N–H and O–H groups in total. The summed E-state index contributed by atoms with van der Waals surface area (Å²) < 4.78 is 0. The number of nitrogens with zero attached hydrogens (tertiary/aromatic N) is 1. The molecule has 0 aliphatic heterocycles. The third kappa shape index (κ3) is 4.43. The summed E-state index contributed by atoms with van der Waals surface area (Å²) >= 11 is 6.03. The molecule has 0 spiro atoms. The lowest BCUT2D eigenvalue weighted by Crippen LogP contribution is -2.32. The third-order valence-corrected chi connectivity index (χ3v) is 3.03. The number of carboxylic acids is 1. The van der Waals surface area contributed by atoms with E-state index in [0.29, 0.717) is 22.5 Å². The zero-order chi connectivity index (χ0) is 14.6. The van der Waals surface area contributed by atoms with Gasteiger partial charge in [-0.3, -0.25) is 0 Å². The van der Waals surface area contributed by atoms with Crippen LogP contribution in [-0.2, 0) is 0 Å². The van der Waals surface area contributed by atoms with Crippen LogP contribution >= 0.6 is 11.6 Å². The number of rotatable bonds is 6. The first kappa shape index (κ1) is 15.8. The summed E-state index contributed by atoms with van der Waals surface area (Å²) in [4.78, 5) is 13.5. The van der Waals surface area contributed by atoms with Gasteiger partial charge >= 0.3 is 5.97 Å². The summed E-state index contributed by atoms with van der Waals surface area (Å²) in [6.45, 7) is 10.1. The van der Waals surface area contributed by atoms with Crippen LogP contribution < -0.4 is 4.90 Å². The van der Waals surface area contributed by atoms with Crippen molar-refractivity contribution in [2.24, 2.45) is 11.8 Å². The highest BCUT2D eigenvalue weighted by Gasteiger charge is 2.20. The Morgan fingerprint density at radius 3 is 2.16 bits per heavy atom. The Hall–Kier alpha value is -1.22. The molecule has 0 saturated heterocycles. The number of halogens is 1. The molecule has 0 saturated carbocycles. The van der Waals surface area contributed by atoms with E-state index in [1.165, 1.54) is 0 Å². The van der Waals surface area contributed by atoms with Crippen LogP contribution in [0.2, 0.25) is 5.02 Å². The number of aromatic carboxylic acids is 1. The van der Waals surface area contributed by atoms with Crippen molar-refractivity contribution in [3.8, 4) is 0 Å². The number of anilines is 1. The molecule has 1 aromatic carbocycles. The van der Waals surface area contributed by atoms with Crippen LogP contribution in [0.3, 0.4) is 0 Å². The van der Waals surface area contributed by atoms with Crippen molar-refractivity contribution in [3.63, 3.8) is 0 Å². The number of hydrogen-bond donors (Lipinski definition) is 1. The summed E-state index contributed by atoms with van der Waals surface area (Å²) in [7, 11) is 0. The molecule has 3 nitrogen and oxygen atoms in total. The quantitative estimate of drug-likeness (QED) is 0.852. The summed E-state index contributed by atoms with van der Waals surface area (Å²) in [5.41, 5.74) is 0.910. The van der Waals surface area contributed by atoms with Gasteiger partial charge in [-0.15, -0.1) is 0 Å². The molecule has 0 amide bonds. The van der Waals surface area contributed by atoms with Gasteiger partial charge in [-0.1, -0.05) is 45.4 Å². The van der Waals surface area contributed by atoms with Crippen LogP contribution in [0, 0.1) is 11.8 Å². The topological polar surface area (TPSA) is 40.5 Å². The molecule has 0 bridgehead atoms. The van der Waals surface area contributed by atoms with Gasteiger partial charge in [-0.2, -0.15) is 0 Å². The first-order chi connectivity index (χ1) is 8.82. The van der Waals surface area contributed by atoms with Crippen molar-refractivity contribution in [1.29, 1.82) is 0 Å². The van der Waals surface area contributed by atoms with Gasteiger partial charge in [0.15, 0.2) is 0 Å². The number of carboxylic acid groups (broad SMARTS) is 1. The van der Waals surface area contributed by atoms with E-state index in [4.69, 9.17) is 11.6 Å². The van der Waals surface area contributed by atoms with Gasteiger partial charge in [0.05, 0.1) is 10.7 Å². The van der Waals surface area contributed by atoms with Crippen molar-refractivity contribution in [1.82, 2.24) is 0 Å². The van der Waals surface area contributed by atoms with E-state index >= 15 is 0 Å². The Balaban J connectivity index is 3.21. The number of carbonyl (C=O) groups is 1. The first-order valence-electron chi connectivity index (χ1n) is 6.59. The SMILES string of the molecule is CC(C)CN(CC(C)C)c1cccc(Cl)c1C(=O)O. The molecule has 0 heterocycles. The zero-order valence-electron chi connectivity index (χ0n) is 12.0. The van der Waals surface area contributed by atoms with E-state index in [0.717, 1.165) is 13.1 Å². The van der Waals surface area contributed by atoms with E-state index in [1.54, 1.807) is 12.1 Å². The molecule has 4 heteroatoms. The molecular formula is C15H22ClNO2. The molecule has 0 aromatic heterocycles. The standard InChI is InChI=1S/C15H22ClNO2/c1-10(2)8-17(9-11(3)4)13-7-5-6-12(16)14(13)15(18)19/h5-7,10-11H,8-9H2,1-4H3,(H,18,19). The largest absolute Gasteiger partial charge is 0.478 e. The second-order valence-corrected chi connectivity index (χ2v) is 6.04. The van der Waals surface area contributed by atoms with E-state index < -0.39 is 5.97 Å². The molecular weight excluding hydrogens is 262 g/mol. The Kier molecular flexibility index (Phi) is 5.67. The predicted octanol–water partition coefficient (Wildman–Crippen LogP) is 4.16. The fourth-order valence-electron chi connectivity index (χ4n) is 2.14. The average molecular weight is 284 g/mol. The molecule has 19 heavy (non-hydrogen) atoms. The van der Waals surface area contributed by atoms with Crippen molar-refractivity contribution >= 4 is 23.3 Å². The van der Waals surface area contributed by atoms with E-state index in [2.05, 4.69) is 32.6 Å². The maximum atomic E-state index is 11.4. The van der Waals surface area contributed by atoms with Gasteiger partial charge in [0, 0.05) is 13.1 Å². The Morgan fingerprint density at radius 2 is 1.74 bits per heavy atom. The van der Waals surface area contributed by atoms with Gasteiger partial charge in [0.2, 0.25) is 0 Å². The van der Waals surface area contributed by atoms with Gasteiger partial charge < -0.3 is 10.0 Å². The van der Waals surface area contributed by atoms with Crippen LogP contribution in [-0.4, -0.2) is 24.2 Å². The maximum absolute atomic E-state index is 11.4. The van der Waals surface area contributed by atoms with Crippen LogP contribution in [0.15, 0.2) is 18.2 Å². The lowest BCUT2D eigenvalue weighted by molar-refractivity contribution is 0.0697. The van der Waals surface area contributed by atoms with E-state index in [-0.39, 0.29) is 5.56 Å². The van der Waals surface area contributed by atoms with Crippen LogP contribution in [0.1, 0.15) is 38.1 Å². The number of benzene rings is 1. The van der Waals surface area contributed by atoms with Crippen LogP contribution in [0.4, 0.5) is 5.69 Å². The molecule has 106 valence electrons. The van der Waals surface area contributed by atoms with E-state index in [1.807, 2.05) is 6.07 Å². The summed E-state index contributed by atoms with van der Waals surface area (Å²) in [6, 6.07) is 5.26. The molecule has 0 unspecified atom stereocenters. The van der Waals surface area contributed by atoms with Crippen molar-refractivity contribution in [3.05, 3.63) is 28.8 Å². The monoisotopic (exact) mass is 283 g/mol. The second kappa shape index (κ2) is 6.80. The highest BCUT2D eigenvalue weighted by atomic mass is 35.5. The summed E-state index contributed by atoms with van der Waals surface area (Å²) in [6.07, 6.45) is 0. The predicted molar refractivity (Wildman–Crippen MR) is 80.3 cm³/mol. The zero-order valence-corrected chi connectivity index (χ0v) is 12.7. The Bertz CT molecular complexity index is 434. The maximum Gasteiger partial charge on any atom is 0.339 e. The van der Waals surface area contributed by atoms with Crippen LogP contribution in [0.25, 0.3) is 0 Å². The van der Waals surface area contributed by atoms with Gasteiger partial charge in [-0.25, -0.2) is 4.79 Å². The van der Waals surface area contributed by atoms with Gasteiger partial charge in [0.1, 0.15) is 5.56 Å². The highest BCUT2D eigenvalue weighted by molar-refractivity contribution is 6.34. The Labute approximate surface area is 120 Å². The van der Waals surface area contributed by atoms with Crippen molar-refractivity contribution in [2.45, 2.75) is 27.7 Å². The van der Waals surface area contributed by atoms with Gasteiger partial charge in [-0.05, 0) is 24.0 Å². The fraction of sp³-hybridized carbons (Fsp3) is 0.533. The third-order valence-electron chi connectivity index (χ3n) is 2.72. The summed E-state index contributed by atoms with van der Waals surface area (Å²) in [5.74, 6) is -0.0585. The minimum Gasteiger partial charge on any atom is -0.478 e. The minimum absolute atomic E-state index is 0.200. The smallest absolute Gasteiger partial charge is 0.339 e. The summed E-state index contributed by atoms with van der Waals surface area (Å²) in [5, 5.41) is 9.65. The highest BCUT2D eigenvalue weighted by Crippen LogP contribution is 2.28. The lowest BCUT2D eigenvalue weighted by Gasteiger charge is -2.30. The molecule has 0 fully saturated rings. The normalized spacial score (nSPS) is 11.1. The molecule has 1 rings (SSSR count). The molecule has 0 aliphatic carbocycles. The van der Waals surface area contributed by atoms with Crippen molar-refractivity contribution in [2.75, 3.05) is 18.0 Å². The molecule has 0 radical (unpaired) electrons. The Morgan fingerprint density at radius 1 is 1.21 bits per heavy atom. The molecule has 0 aliphatic rings. The molecule has 0 atom stereocenters. The lowest BCUT2D eigenvalue weighted by atomic mass is 10.1. The molecule has 1 aromatic rings. The van der Waals surface area contributed by atoms with Crippen molar-refractivity contribution < 1.29 is 9.90 Å². The fourth-order valence-corrected chi connectivity index (χ4v) is 2.39.